The highest BCUT2D eigenvalue weighted by Crippen LogP contribution is 2.17. The van der Waals surface area contributed by atoms with Crippen LogP contribution in [0.2, 0.25) is 0 Å². The first-order chi connectivity index (χ1) is 9.95. The van der Waals surface area contributed by atoms with Gasteiger partial charge in [-0.1, -0.05) is 6.92 Å². The van der Waals surface area contributed by atoms with Crippen LogP contribution in [0, 0.1) is 13.8 Å². The minimum atomic E-state index is -3.65. The Morgan fingerprint density at radius 3 is 2.71 bits per heavy atom. The van der Waals surface area contributed by atoms with Crippen LogP contribution in [0.15, 0.2) is 10.5 Å². The lowest BCUT2D eigenvalue weighted by atomic mass is 10.2. The third-order valence-electron chi connectivity index (χ3n) is 3.11. The summed E-state index contributed by atoms with van der Waals surface area (Å²) < 4.78 is 27.4. The van der Waals surface area contributed by atoms with E-state index in [2.05, 4.69) is 25.2 Å². The van der Waals surface area contributed by atoms with Crippen molar-refractivity contribution in [3.05, 3.63) is 27.3 Å². The Bertz CT molecular complexity index is 705. The maximum Gasteiger partial charge on any atom is 0.260 e. The molecular weight excluding hydrogens is 310 g/mol. The van der Waals surface area contributed by atoms with Crippen molar-refractivity contribution in [3.63, 3.8) is 0 Å². The van der Waals surface area contributed by atoms with Gasteiger partial charge in [-0.2, -0.15) is 5.10 Å². The van der Waals surface area contributed by atoms with E-state index < -0.39 is 10.0 Å². The molecule has 0 saturated heterocycles. The van der Waals surface area contributed by atoms with E-state index in [1.807, 2.05) is 20.8 Å². The van der Waals surface area contributed by atoms with E-state index in [1.54, 1.807) is 5.51 Å². The number of rotatable bonds is 7. The minimum absolute atomic E-state index is 0.0584. The zero-order chi connectivity index (χ0) is 15.5. The van der Waals surface area contributed by atoms with Crippen LogP contribution in [-0.2, 0) is 23.1 Å². The molecule has 0 aliphatic carbocycles. The zero-order valence-electron chi connectivity index (χ0n) is 12.2. The fourth-order valence-corrected chi connectivity index (χ4v) is 3.83. The highest BCUT2D eigenvalue weighted by Gasteiger charge is 2.23. The van der Waals surface area contributed by atoms with Crippen LogP contribution in [0.1, 0.15) is 28.8 Å². The van der Waals surface area contributed by atoms with Crippen molar-refractivity contribution in [2.45, 2.75) is 38.9 Å². The summed E-state index contributed by atoms with van der Waals surface area (Å²) in [7, 11) is -3.65. The second-order valence-electron chi connectivity index (χ2n) is 4.60. The van der Waals surface area contributed by atoms with Gasteiger partial charge < -0.3 is 5.32 Å². The number of hydrogen-bond donors (Lipinski definition) is 3. The predicted octanol–water partition coefficient (Wildman–Crippen LogP) is 1.07. The van der Waals surface area contributed by atoms with Gasteiger partial charge in [0.1, 0.15) is 0 Å². The van der Waals surface area contributed by atoms with Crippen LogP contribution in [-0.4, -0.2) is 30.1 Å². The number of H-pyrrole nitrogens is 1. The molecule has 2 aromatic rings. The summed E-state index contributed by atoms with van der Waals surface area (Å²) in [6.45, 7) is 7.09. The Morgan fingerprint density at radius 1 is 1.33 bits per heavy atom. The van der Waals surface area contributed by atoms with Crippen molar-refractivity contribution in [2.75, 3.05) is 6.54 Å². The van der Waals surface area contributed by atoms with Crippen molar-refractivity contribution in [2.24, 2.45) is 0 Å². The van der Waals surface area contributed by atoms with Gasteiger partial charge in [-0.3, -0.25) is 5.10 Å². The van der Waals surface area contributed by atoms with Crippen molar-refractivity contribution >= 4 is 21.4 Å². The van der Waals surface area contributed by atoms with Crippen molar-refractivity contribution in [3.8, 4) is 0 Å². The second-order valence-corrected chi connectivity index (χ2v) is 7.22. The lowest BCUT2D eigenvalue weighted by Gasteiger charge is -2.07. The number of aromatic amines is 1. The van der Waals surface area contributed by atoms with Gasteiger partial charge in [-0.25, -0.2) is 18.1 Å². The third kappa shape index (κ3) is 3.67. The van der Waals surface area contributed by atoms with Gasteiger partial charge in [-0.15, -0.1) is 11.3 Å². The van der Waals surface area contributed by atoms with Gasteiger partial charge >= 0.3 is 0 Å². The van der Waals surface area contributed by atoms with E-state index in [-0.39, 0.29) is 11.6 Å². The molecule has 2 aromatic heterocycles. The Kier molecular flexibility index (Phi) is 5.09. The summed E-state index contributed by atoms with van der Waals surface area (Å²) >= 11 is 1.43. The van der Waals surface area contributed by atoms with Crippen LogP contribution in [0.5, 0.6) is 0 Å². The number of aryl methyl sites for hydroxylation is 2. The number of nitrogens with zero attached hydrogens (tertiary/aromatic N) is 2. The Balaban J connectivity index is 2.18. The molecule has 0 aliphatic heterocycles. The van der Waals surface area contributed by atoms with Crippen molar-refractivity contribution < 1.29 is 8.42 Å². The van der Waals surface area contributed by atoms with Crippen LogP contribution >= 0.6 is 11.3 Å². The molecule has 0 unspecified atom stereocenters. The van der Waals surface area contributed by atoms with Gasteiger partial charge in [0, 0.05) is 29.2 Å². The van der Waals surface area contributed by atoms with E-state index in [1.165, 1.54) is 11.3 Å². The molecule has 0 spiro atoms. The first-order valence-corrected chi connectivity index (χ1v) is 8.95. The predicted molar refractivity (Wildman–Crippen MR) is 81.6 cm³/mol. The van der Waals surface area contributed by atoms with E-state index in [0.29, 0.717) is 12.1 Å². The lowest BCUT2D eigenvalue weighted by Crippen LogP contribution is -2.25. The highest BCUT2D eigenvalue weighted by molar-refractivity contribution is 7.89. The molecule has 0 fully saturated rings. The van der Waals surface area contributed by atoms with Crippen LogP contribution in [0.3, 0.4) is 0 Å². The summed E-state index contributed by atoms with van der Waals surface area (Å²) in [6.07, 6.45) is 0. The number of hydrogen-bond acceptors (Lipinski definition) is 6. The number of aromatic nitrogens is 3. The fraction of sp³-hybridized carbons (Fsp3) is 0.500. The number of thiazole rings is 1. The summed E-state index contributed by atoms with van der Waals surface area (Å²) in [4.78, 5) is 5.01. The molecule has 0 aliphatic rings. The van der Waals surface area contributed by atoms with Gasteiger partial charge in [0.25, 0.3) is 10.0 Å². The highest BCUT2D eigenvalue weighted by atomic mass is 32.2. The first-order valence-electron chi connectivity index (χ1n) is 6.59. The topological polar surface area (TPSA) is 99.8 Å². The maximum atomic E-state index is 12.4. The smallest absolute Gasteiger partial charge is 0.260 e. The normalized spacial score (nSPS) is 12.0. The van der Waals surface area contributed by atoms with E-state index in [9.17, 15) is 8.42 Å². The molecule has 0 atom stereocenters. The molecule has 0 radical (unpaired) electrons. The summed E-state index contributed by atoms with van der Waals surface area (Å²) in [5.41, 5.74) is 3.97. The number of nitrogens with one attached hydrogen (secondary N) is 3. The summed E-state index contributed by atoms with van der Waals surface area (Å²) in [5.74, 6) is 0. The minimum Gasteiger partial charge on any atom is -0.313 e. The molecular formula is C12H19N5O2S2. The third-order valence-corrected chi connectivity index (χ3v) is 5.42. The fourth-order valence-electron chi connectivity index (χ4n) is 1.84. The molecule has 0 bridgehead atoms. The van der Waals surface area contributed by atoms with E-state index >= 15 is 0 Å². The molecule has 21 heavy (non-hydrogen) atoms. The molecule has 0 saturated carbocycles. The largest absolute Gasteiger partial charge is 0.313 e. The summed E-state index contributed by atoms with van der Waals surface area (Å²) in [6, 6.07) is 0. The molecule has 2 heterocycles. The van der Waals surface area contributed by atoms with Crippen LogP contribution in [0.25, 0.3) is 0 Å². The standard InChI is InChI=1S/C12H19N5O2S2/c1-4-13-5-10-8(2)16-17-12(10)21(18,19)15-6-11-9(3)14-7-20-11/h7,13,15H,4-6H2,1-3H3,(H,16,17). The first kappa shape index (κ1) is 16.1. The average Bonchev–Trinajstić information content (AvgIpc) is 3.01. The van der Waals surface area contributed by atoms with Gasteiger partial charge in [0.05, 0.1) is 11.2 Å². The molecule has 0 amide bonds. The lowest BCUT2D eigenvalue weighted by molar-refractivity contribution is 0.574. The number of sulfonamides is 1. The van der Waals surface area contributed by atoms with E-state index in [4.69, 9.17) is 0 Å². The molecule has 2 rings (SSSR count). The molecule has 7 nitrogen and oxygen atoms in total. The van der Waals surface area contributed by atoms with Crippen LogP contribution < -0.4 is 10.0 Å². The zero-order valence-corrected chi connectivity index (χ0v) is 13.9. The maximum absolute atomic E-state index is 12.4. The average molecular weight is 329 g/mol. The van der Waals surface area contributed by atoms with Gasteiger partial charge in [-0.05, 0) is 20.4 Å². The quantitative estimate of drug-likeness (QED) is 0.705. The van der Waals surface area contributed by atoms with Crippen molar-refractivity contribution in [1.29, 1.82) is 0 Å². The molecule has 3 N–H and O–H groups in total. The van der Waals surface area contributed by atoms with Gasteiger partial charge in [0.15, 0.2) is 5.03 Å². The SMILES string of the molecule is CCNCc1c(S(=O)(=O)NCc2scnc2C)n[nH]c1C. The van der Waals surface area contributed by atoms with Crippen LogP contribution in [0.4, 0.5) is 0 Å². The summed E-state index contributed by atoms with van der Waals surface area (Å²) in [5, 5.41) is 9.85. The Morgan fingerprint density at radius 2 is 2.10 bits per heavy atom. The van der Waals surface area contributed by atoms with E-state index in [0.717, 1.165) is 22.8 Å². The molecule has 9 heteroatoms. The van der Waals surface area contributed by atoms with Gasteiger partial charge in [0.2, 0.25) is 0 Å². The second kappa shape index (κ2) is 6.65. The molecule has 116 valence electrons. The Hall–Kier alpha value is -1.29. The monoisotopic (exact) mass is 329 g/mol. The van der Waals surface area contributed by atoms with Crippen molar-refractivity contribution in [1.82, 2.24) is 25.2 Å². The Labute approximate surface area is 128 Å². The molecule has 0 aromatic carbocycles.